The lowest BCUT2D eigenvalue weighted by Gasteiger charge is -2.21. The predicted molar refractivity (Wildman–Crippen MR) is 97.8 cm³/mol. The summed E-state index contributed by atoms with van der Waals surface area (Å²) in [5.41, 5.74) is 0. The fourth-order valence-corrected chi connectivity index (χ4v) is 3.18. The molecule has 1 aliphatic carbocycles. The van der Waals surface area contributed by atoms with E-state index in [9.17, 15) is 28.8 Å². The Bertz CT molecular complexity index is 695. The first-order chi connectivity index (χ1) is 14.3. The molecule has 0 spiro atoms. The van der Waals surface area contributed by atoms with Gasteiger partial charge in [-0.3, -0.25) is 19.2 Å². The van der Waals surface area contributed by atoms with Crippen molar-refractivity contribution in [1.29, 1.82) is 0 Å². The minimum atomic E-state index is -0.821. The van der Waals surface area contributed by atoms with Crippen LogP contribution in [-0.4, -0.2) is 72.1 Å². The molecule has 3 aliphatic rings. The van der Waals surface area contributed by atoms with Crippen LogP contribution in [0.2, 0.25) is 0 Å². The highest BCUT2D eigenvalue weighted by Gasteiger charge is 2.35. The van der Waals surface area contributed by atoms with Gasteiger partial charge in [0.05, 0.1) is 0 Å². The number of rotatable bonds is 4. The summed E-state index contributed by atoms with van der Waals surface area (Å²) in [6.45, 7) is 0. The SMILES string of the molecule is CNC(=O)ON1C(=O)CCC1=O.CNC1CCCC1NC(=O)ON1C(=O)CCC1=O. The molecule has 13 nitrogen and oxygen atoms in total. The molecule has 0 bridgehead atoms. The molecule has 2 heterocycles. The maximum atomic E-state index is 11.6. The summed E-state index contributed by atoms with van der Waals surface area (Å²) in [5.74, 6) is -1.90. The Kier molecular flexibility index (Phi) is 8.09. The Morgan fingerprint density at radius 2 is 1.20 bits per heavy atom. The van der Waals surface area contributed by atoms with Crippen molar-refractivity contribution in [3.05, 3.63) is 0 Å². The molecule has 1 saturated carbocycles. The summed E-state index contributed by atoms with van der Waals surface area (Å²) in [6.07, 6.45) is 1.74. The highest BCUT2D eigenvalue weighted by molar-refractivity contribution is 6.02. The molecule has 166 valence electrons. The first kappa shape index (κ1) is 23.1. The number of hydroxylamine groups is 4. The summed E-state index contributed by atoms with van der Waals surface area (Å²) in [4.78, 5) is 75.5. The third-order valence-corrected chi connectivity index (χ3v) is 4.75. The van der Waals surface area contributed by atoms with Crippen LogP contribution in [0.5, 0.6) is 0 Å². The Hall–Kier alpha value is -3.22. The van der Waals surface area contributed by atoms with Crippen molar-refractivity contribution in [3.63, 3.8) is 0 Å². The van der Waals surface area contributed by atoms with Crippen molar-refractivity contribution in [1.82, 2.24) is 26.1 Å². The average molecular weight is 427 g/mol. The summed E-state index contributed by atoms with van der Waals surface area (Å²) >= 11 is 0. The zero-order chi connectivity index (χ0) is 22.3. The second-order valence-corrected chi connectivity index (χ2v) is 6.75. The van der Waals surface area contributed by atoms with E-state index in [1.54, 1.807) is 0 Å². The first-order valence-electron chi connectivity index (χ1n) is 9.53. The molecule has 13 heteroatoms. The molecule has 0 aromatic rings. The quantitative estimate of drug-likeness (QED) is 0.493. The van der Waals surface area contributed by atoms with Gasteiger partial charge in [0.1, 0.15) is 0 Å². The lowest BCUT2D eigenvalue weighted by Crippen LogP contribution is -2.47. The second-order valence-electron chi connectivity index (χ2n) is 6.75. The van der Waals surface area contributed by atoms with E-state index in [4.69, 9.17) is 4.84 Å². The number of hydrogen-bond acceptors (Lipinski definition) is 9. The van der Waals surface area contributed by atoms with Gasteiger partial charge in [0.25, 0.3) is 23.6 Å². The van der Waals surface area contributed by atoms with E-state index >= 15 is 0 Å². The summed E-state index contributed by atoms with van der Waals surface area (Å²) in [6, 6.07) is 0.192. The fraction of sp³-hybridized carbons (Fsp3) is 0.647. The molecular formula is C17H25N5O8. The van der Waals surface area contributed by atoms with Crippen LogP contribution in [0, 0.1) is 0 Å². The van der Waals surface area contributed by atoms with Gasteiger partial charge < -0.3 is 25.6 Å². The number of likely N-dealkylation sites (N-methyl/N-ethyl adjacent to an activating group) is 1. The molecule has 0 radical (unpaired) electrons. The van der Waals surface area contributed by atoms with E-state index in [1.807, 2.05) is 7.05 Å². The molecule has 6 amide bonds. The highest BCUT2D eigenvalue weighted by atomic mass is 16.7. The van der Waals surface area contributed by atoms with Gasteiger partial charge >= 0.3 is 12.2 Å². The lowest BCUT2D eigenvalue weighted by molar-refractivity contribution is -0.172. The van der Waals surface area contributed by atoms with Crippen molar-refractivity contribution in [2.24, 2.45) is 0 Å². The zero-order valence-electron chi connectivity index (χ0n) is 16.8. The van der Waals surface area contributed by atoms with Crippen molar-refractivity contribution in [2.75, 3.05) is 14.1 Å². The van der Waals surface area contributed by atoms with E-state index in [0.29, 0.717) is 10.1 Å². The summed E-state index contributed by atoms with van der Waals surface area (Å²) in [5, 5.41) is 8.96. The van der Waals surface area contributed by atoms with Crippen LogP contribution in [-0.2, 0) is 28.9 Å². The first-order valence-corrected chi connectivity index (χ1v) is 9.53. The highest BCUT2D eigenvalue weighted by Crippen LogP contribution is 2.19. The van der Waals surface area contributed by atoms with Crippen LogP contribution in [0.4, 0.5) is 9.59 Å². The van der Waals surface area contributed by atoms with Crippen molar-refractivity contribution < 1.29 is 38.4 Å². The molecule has 2 atom stereocenters. The van der Waals surface area contributed by atoms with Gasteiger partial charge in [0, 0.05) is 44.8 Å². The summed E-state index contributed by atoms with van der Waals surface area (Å²) < 4.78 is 0. The van der Waals surface area contributed by atoms with Gasteiger partial charge in [-0.1, -0.05) is 0 Å². The van der Waals surface area contributed by atoms with E-state index in [0.717, 1.165) is 19.3 Å². The number of carbonyl (C=O) groups is 6. The molecule has 2 aliphatic heterocycles. The number of imide groups is 2. The van der Waals surface area contributed by atoms with E-state index in [1.165, 1.54) is 7.05 Å². The van der Waals surface area contributed by atoms with Crippen LogP contribution in [0.15, 0.2) is 0 Å². The van der Waals surface area contributed by atoms with E-state index < -0.39 is 35.8 Å². The molecule has 3 fully saturated rings. The van der Waals surface area contributed by atoms with Gasteiger partial charge in [-0.25, -0.2) is 9.59 Å². The third kappa shape index (κ3) is 5.89. The van der Waals surface area contributed by atoms with Crippen molar-refractivity contribution in [3.8, 4) is 0 Å². The predicted octanol–water partition coefficient (Wildman–Crippen LogP) is -0.676. The largest absolute Gasteiger partial charge is 0.432 e. The third-order valence-electron chi connectivity index (χ3n) is 4.75. The molecule has 3 rings (SSSR count). The smallest absolute Gasteiger partial charge is 0.323 e. The molecule has 30 heavy (non-hydrogen) atoms. The van der Waals surface area contributed by atoms with E-state index in [2.05, 4.69) is 20.8 Å². The number of carbonyl (C=O) groups excluding carboxylic acids is 6. The number of nitrogens with one attached hydrogen (secondary N) is 3. The number of nitrogens with zero attached hydrogens (tertiary/aromatic N) is 2. The topological polar surface area (TPSA) is 163 Å². The van der Waals surface area contributed by atoms with Crippen molar-refractivity contribution in [2.45, 2.75) is 57.0 Å². The van der Waals surface area contributed by atoms with Gasteiger partial charge in [-0.05, 0) is 26.3 Å². The number of hydrogen-bond donors (Lipinski definition) is 3. The second kappa shape index (κ2) is 10.5. The van der Waals surface area contributed by atoms with Crippen LogP contribution in [0.1, 0.15) is 44.9 Å². The van der Waals surface area contributed by atoms with Gasteiger partial charge in [0.15, 0.2) is 0 Å². The average Bonchev–Trinajstić information content (AvgIpc) is 3.39. The normalized spacial score (nSPS) is 23.3. The molecule has 3 N–H and O–H groups in total. The standard InChI is InChI=1S/C11H17N3O4.C6H8N2O4/c1-12-7-3-2-4-8(7)13-11(17)18-14-9(15)5-6-10(14)16;1-7-6(11)12-8-4(9)2-3-5(8)10/h7-8,12H,2-6H2,1H3,(H,13,17);2-3H2,1H3,(H,7,11). The van der Waals surface area contributed by atoms with Gasteiger partial charge in [0.2, 0.25) is 0 Å². The van der Waals surface area contributed by atoms with Gasteiger partial charge in [-0.15, -0.1) is 10.1 Å². The van der Waals surface area contributed by atoms with Crippen LogP contribution in [0.25, 0.3) is 0 Å². The Morgan fingerprint density at radius 1 is 0.767 bits per heavy atom. The summed E-state index contributed by atoms with van der Waals surface area (Å²) in [7, 11) is 3.18. The Balaban J connectivity index is 0.000000232. The molecule has 0 aromatic carbocycles. The van der Waals surface area contributed by atoms with E-state index in [-0.39, 0.29) is 37.8 Å². The van der Waals surface area contributed by atoms with Crippen LogP contribution < -0.4 is 16.0 Å². The molecule has 0 aromatic heterocycles. The molecule has 2 unspecified atom stereocenters. The number of amides is 6. The Labute approximate surface area is 172 Å². The van der Waals surface area contributed by atoms with Crippen LogP contribution in [0.3, 0.4) is 0 Å². The minimum Gasteiger partial charge on any atom is -0.323 e. The molecule has 2 saturated heterocycles. The fourth-order valence-electron chi connectivity index (χ4n) is 3.18. The monoisotopic (exact) mass is 427 g/mol. The maximum absolute atomic E-state index is 11.6. The maximum Gasteiger partial charge on any atom is 0.432 e. The van der Waals surface area contributed by atoms with Crippen LogP contribution >= 0.6 is 0 Å². The lowest BCUT2D eigenvalue weighted by atomic mass is 10.2. The van der Waals surface area contributed by atoms with Gasteiger partial charge in [-0.2, -0.15) is 0 Å². The zero-order valence-corrected chi connectivity index (χ0v) is 16.8. The Morgan fingerprint density at radius 3 is 1.63 bits per heavy atom. The minimum absolute atomic E-state index is 0.0182. The molecular weight excluding hydrogens is 402 g/mol. The van der Waals surface area contributed by atoms with Crippen molar-refractivity contribution >= 4 is 35.8 Å².